The third-order valence-corrected chi connectivity index (χ3v) is 6.67. The molecule has 1 saturated heterocycles. The Hall–Kier alpha value is -2.34. The van der Waals surface area contributed by atoms with Gasteiger partial charge in [-0.3, -0.25) is 4.79 Å². The monoisotopic (exact) mass is 473 g/mol. The quantitative estimate of drug-likeness (QED) is 0.411. The molecular formula is C24H21Cl2NO3S. The number of amides is 1. The molecular weight excluding hydrogens is 453 g/mol. The number of halogens is 2. The van der Waals surface area contributed by atoms with Gasteiger partial charge in [-0.05, 0) is 41.5 Å². The van der Waals surface area contributed by atoms with Gasteiger partial charge in [-0.1, -0.05) is 59.6 Å². The molecule has 4 rings (SSSR count). The number of methoxy groups -OCH3 is 1. The Morgan fingerprint density at radius 2 is 1.77 bits per heavy atom. The Bertz CT molecular complexity index is 1060. The number of nitrogens with zero attached hydrogens (tertiary/aromatic N) is 1. The van der Waals surface area contributed by atoms with Crippen LogP contribution in [-0.2, 0) is 6.61 Å². The molecule has 160 valence electrons. The van der Waals surface area contributed by atoms with Crippen molar-refractivity contribution in [1.29, 1.82) is 0 Å². The Morgan fingerprint density at radius 3 is 2.48 bits per heavy atom. The molecule has 4 nitrogen and oxygen atoms in total. The van der Waals surface area contributed by atoms with E-state index in [9.17, 15) is 4.79 Å². The van der Waals surface area contributed by atoms with Crippen LogP contribution in [0.15, 0.2) is 66.7 Å². The number of ether oxygens (including phenoxy) is 2. The summed E-state index contributed by atoms with van der Waals surface area (Å²) in [5.74, 6) is 2.05. The first-order valence-corrected chi connectivity index (χ1v) is 11.6. The number of benzene rings is 3. The summed E-state index contributed by atoms with van der Waals surface area (Å²) >= 11 is 13.9. The number of carbonyl (C=O) groups is 1. The van der Waals surface area contributed by atoms with Gasteiger partial charge in [-0.15, -0.1) is 11.8 Å². The molecule has 0 N–H and O–H groups in total. The first kappa shape index (κ1) is 21.9. The van der Waals surface area contributed by atoms with Gasteiger partial charge in [0.15, 0.2) is 11.5 Å². The molecule has 1 heterocycles. The number of thioether (sulfide) groups is 1. The third-order valence-electron chi connectivity index (χ3n) is 4.97. The standard InChI is InChI=1S/C24H21Cl2NO3S/c1-29-21-8-7-17(13-22(21)30-15-16-5-3-2-4-6-16)24-27(9-10-31-24)23(28)18-11-19(25)14-20(26)12-18/h2-8,11-14,24H,9-10,15H2,1H3. The zero-order valence-corrected chi connectivity index (χ0v) is 19.2. The summed E-state index contributed by atoms with van der Waals surface area (Å²) in [4.78, 5) is 15.0. The molecule has 0 aromatic heterocycles. The summed E-state index contributed by atoms with van der Waals surface area (Å²) in [6.07, 6.45) is 0. The maximum atomic E-state index is 13.2. The average Bonchev–Trinajstić information content (AvgIpc) is 3.27. The minimum absolute atomic E-state index is 0.0954. The second-order valence-corrected chi connectivity index (χ2v) is 9.13. The second-order valence-electron chi connectivity index (χ2n) is 7.06. The van der Waals surface area contributed by atoms with Crippen LogP contribution in [0.2, 0.25) is 10.0 Å². The van der Waals surface area contributed by atoms with E-state index in [1.54, 1.807) is 37.1 Å². The fourth-order valence-corrected chi connectivity index (χ4v) is 5.26. The smallest absolute Gasteiger partial charge is 0.255 e. The van der Waals surface area contributed by atoms with E-state index in [4.69, 9.17) is 32.7 Å². The summed E-state index contributed by atoms with van der Waals surface area (Å²) in [7, 11) is 1.62. The minimum Gasteiger partial charge on any atom is -0.493 e. The molecule has 7 heteroatoms. The number of carbonyl (C=O) groups excluding carboxylic acids is 1. The van der Waals surface area contributed by atoms with Gasteiger partial charge in [0, 0.05) is 27.9 Å². The van der Waals surface area contributed by atoms with Crippen LogP contribution in [0.5, 0.6) is 11.5 Å². The lowest BCUT2D eigenvalue weighted by Gasteiger charge is -2.25. The number of hydrogen-bond donors (Lipinski definition) is 0. The van der Waals surface area contributed by atoms with Gasteiger partial charge < -0.3 is 14.4 Å². The highest BCUT2D eigenvalue weighted by atomic mass is 35.5. The molecule has 1 aliphatic heterocycles. The van der Waals surface area contributed by atoms with Crippen LogP contribution in [0.25, 0.3) is 0 Å². The van der Waals surface area contributed by atoms with Gasteiger partial charge in [0.1, 0.15) is 12.0 Å². The predicted molar refractivity (Wildman–Crippen MR) is 126 cm³/mol. The molecule has 3 aromatic carbocycles. The Kier molecular flexibility index (Phi) is 6.96. The topological polar surface area (TPSA) is 38.8 Å². The fourth-order valence-electron chi connectivity index (χ4n) is 3.49. The largest absolute Gasteiger partial charge is 0.493 e. The highest BCUT2D eigenvalue weighted by Gasteiger charge is 2.32. The minimum atomic E-state index is -0.129. The fraction of sp³-hybridized carbons (Fsp3) is 0.208. The van der Waals surface area contributed by atoms with Crippen LogP contribution in [-0.4, -0.2) is 30.2 Å². The van der Waals surface area contributed by atoms with E-state index in [0.717, 1.165) is 16.9 Å². The van der Waals surface area contributed by atoms with E-state index in [1.807, 2.05) is 53.4 Å². The molecule has 31 heavy (non-hydrogen) atoms. The van der Waals surface area contributed by atoms with Crippen LogP contribution < -0.4 is 9.47 Å². The molecule has 1 amide bonds. The SMILES string of the molecule is COc1ccc(C2SCCN2C(=O)c2cc(Cl)cc(Cl)c2)cc1OCc1ccccc1. The summed E-state index contributed by atoms with van der Waals surface area (Å²) in [6.45, 7) is 1.08. The maximum Gasteiger partial charge on any atom is 0.255 e. The van der Waals surface area contributed by atoms with Crippen molar-refractivity contribution in [2.45, 2.75) is 12.0 Å². The lowest BCUT2D eigenvalue weighted by Crippen LogP contribution is -2.30. The number of rotatable bonds is 6. The van der Waals surface area contributed by atoms with Gasteiger partial charge in [-0.2, -0.15) is 0 Å². The molecule has 1 unspecified atom stereocenters. The van der Waals surface area contributed by atoms with E-state index < -0.39 is 0 Å². The highest BCUT2D eigenvalue weighted by molar-refractivity contribution is 7.99. The van der Waals surface area contributed by atoms with Gasteiger partial charge >= 0.3 is 0 Å². The first-order chi connectivity index (χ1) is 15.0. The van der Waals surface area contributed by atoms with Crippen molar-refractivity contribution in [3.63, 3.8) is 0 Å². The summed E-state index contributed by atoms with van der Waals surface area (Å²) in [5, 5.41) is 0.760. The maximum absolute atomic E-state index is 13.2. The van der Waals surface area contributed by atoms with Gasteiger partial charge in [-0.25, -0.2) is 0 Å². The lowest BCUT2D eigenvalue weighted by molar-refractivity contribution is 0.0760. The zero-order chi connectivity index (χ0) is 21.8. The Morgan fingerprint density at radius 1 is 1.03 bits per heavy atom. The molecule has 0 aliphatic carbocycles. The lowest BCUT2D eigenvalue weighted by atomic mass is 10.1. The average molecular weight is 474 g/mol. The first-order valence-electron chi connectivity index (χ1n) is 9.78. The number of hydrogen-bond acceptors (Lipinski definition) is 4. The van der Waals surface area contributed by atoms with E-state index in [0.29, 0.717) is 40.3 Å². The van der Waals surface area contributed by atoms with E-state index in [2.05, 4.69) is 0 Å². The van der Waals surface area contributed by atoms with Crippen LogP contribution in [0.4, 0.5) is 0 Å². The normalized spacial score (nSPS) is 15.7. The molecule has 1 fully saturated rings. The zero-order valence-electron chi connectivity index (χ0n) is 16.9. The van der Waals surface area contributed by atoms with E-state index in [-0.39, 0.29) is 11.3 Å². The van der Waals surface area contributed by atoms with Crippen molar-refractivity contribution in [3.8, 4) is 11.5 Å². The van der Waals surface area contributed by atoms with E-state index >= 15 is 0 Å². The van der Waals surface area contributed by atoms with E-state index in [1.165, 1.54) is 0 Å². The molecule has 1 aliphatic rings. The van der Waals surface area contributed by atoms with Crippen molar-refractivity contribution in [2.75, 3.05) is 19.4 Å². The molecule has 0 saturated carbocycles. The predicted octanol–water partition coefficient (Wildman–Crippen LogP) is 6.47. The third kappa shape index (κ3) is 5.12. The van der Waals surface area contributed by atoms with Crippen molar-refractivity contribution < 1.29 is 14.3 Å². The van der Waals surface area contributed by atoms with Crippen molar-refractivity contribution >= 4 is 40.9 Å². The van der Waals surface area contributed by atoms with Gasteiger partial charge in [0.05, 0.1) is 7.11 Å². The summed E-state index contributed by atoms with van der Waals surface area (Å²) in [5.41, 5.74) is 2.53. The Labute approximate surface area is 196 Å². The van der Waals surface area contributed by atoms with Crippen molar-refractivity contribution in [3.05, 3.63) is 93.5 Å². The molecule has 3 aromatic rings. The Balaban J connectivity index is 1.58. The second kappa shape index (κ2) is 9.86. The van der Waals surface area contributed by atoms with Crippen molar-refractivity contribution in [1.82, 2.24) is 4.90 Å². The molecule has 0 bridgehead atoms. The van der Waals surface area contributed by atoms with Crippen LogP contribution in [0, 0.1) is 0 Å². The molecule has 0 radical (unpaired) electrons. The van der Waals surface area contributed by atoms with Crippen LogP contribution in [0.1, 0.15) is 26.9 Å². The van der Waals surface area contributed by atoms with Gasteiger partial charge in [0.25, 0.3) is 5.91 Å². The summed E-state index contributed by atoms with van der Waals surface area (Å²) in [6, 6.07) is 20.7. The van der Waals surface area contributed by atoms with Crippen molar-refractivity contribution in [2.24, 2.45) is 0 Å². The molecule has 1 atom stereocenters. The van der Waals surface area contributed by atoms with Crippen LogP contribution >= 0.6 is 35.0 Å². The summed E-state index contributed by atoms with van der Waals surface area (Å²) < 4.78 is 11.5. The molecule has 0 spiro atoms. The van der Waals surface area contributed by atoms with Crippen LogP contribution in [0.3, 0.4) is 0 Å². The van der Waals surface area contributed by atoms with Gasteiger partial charge in [0.2, 0.25) is 0 Å². The highest BCUT2D eigenvalue weighted by Crippen LogP contribution is 2.42.